The third-order valence-electron chi connectivity index (χ3n) is 6.15. The minimum atomic E-state index is -4.04. The van der Waals surface area contributed by atoms with Crippen molar-refractivity contribution in [1.29, 1.82) is 0 Å². The Morgan fingerprint density at radius 3 is 2.23 bits per heavy atom. The van der Waals surface area contributed by atoms with Crippen molar-refractivity contribution in [2.75, 3.05) is 13.2 Å². The summed E-state index contributed by atoms with van der Waals surface area (Å²) in [6.07, 6.45) is 4.42. The van der Waals surface area contributed by atoms with E-state index in [-0.39, 0.29) is 11.4 Å². The molecule has 0 unspecified atom stereocenters. The number of esters is 1. The van der Waals surface area contributed by atoms with Crippen LogP contribution in [0.5, 0.6) is 5.75 Å². The van der Waals surface area contributed by atoms with Gasteiger partial charge in [0.25, 0.3) is 5.91 Å². The Bertz CT molecular complexity index is 1600. The molecule has 1 aromatic heterocycles. The SMILES string of the molecule is CC(C)(C)OC(=O)[C@H](CNC(=O)c1ccc(OCCc2cn(Cc3ccccc3)cn2)cc1)NS(=O)(=O)c1ccccc1. The van der Waals surface area contributed by atoms with Crippen LogP contribution in [-0.2, 0) is 32.5 Å². The van der Waals surface area contributed by atoms with Crippen molar-refractivity contribution >= 4 is 21.9 Å². The molecule has 11 heteroatoms. The molecule has 226 valence electrons. The summed E-state index contributed by atoms with van der Waals surface area (Å²) in [7, 11) is -4.04. The van der Waals surface area contributed by atoms with Crippen LogP contribution in [0.3, 0.4) is 0 Å². The van der Waals surface area contributed by atoms with Gasteiger partial charge < -0.3 is 19.4 Å². The quantitative estimate of drug-likeness (QED) is 0.221. The highest BCUT2D eigenvalue weighted by Crippen LogP contribution is 2.15. The molecule has 4 rings (SSSR count). The molecule has 10 nitrogen and oxygen atoms in total. The molecule has 0 saturated carbocycles. The third-order valence-corrected chi connectivity index (χ3v) is 7.63. The lowest BCUT2D eigenvalue weighted by atomic mass is 10.2. The van der Waals surface area contributed by atoms with Crippen molar-refractivity contribution in [2.24, 2.45) is 0 Å². The van der Waals surface area contributed by atoms with Crippen LogP contribution in [0.1, 0.15) is 42.4 Å². The van der Waals surface area contributed by atoms with Crippen LogP contribution in [0, 0.1) is 0 Å². The lowest BCUT2D eigenvalue weighted by Crippen LogP contribution is -2.50. The van der Waals surface area contributed by atoms with E-state index in [2.05, 4.69) is 27.2 Å². The summed E-state index contributed by atoms with van der Waals surface area (Å²) in [5.41, 5.74) is 1.58. The van der Waals surface area contributed by atoms with Gasteiger partial charge in [0.1, 0.15) is 17.4 Å². The van der Waals surface area contributed by atoms with Crippen molar-refractivity contribution in [3.63, 3.8) is 0 Å². The van der Waals surface area contributed by atoms with E-state index in [9.17, 15) is 18.0 Å². The van der Waals surface area contributed by atoms with Gasteiger partial charge >= 0.3 is 5.97 Å². The maximum absolute atomic E-state index is 12.9. The van der Waals surface area contributed by atoms with Gasteiger partial charge in [0.05, 0.1) is 23.5 Å². The van der Waals surface area contributed by atoms with Gasteiger partial charge in [-0.1, -0.05) is 48.5 Å². The van der Waals surface area contributed by atoms with Gasteiger partial charge in [-0.3, -0.25) is 9.59 Å². The summed E-state index contributed by atoms with van der Waals surface area (Å²) in [6, 6.07) is 23.0. The Morgan fingerprint density at radius 2 is 1.58 bits per heavy atom. The first kappa shape index (κ1) is 31.5. The molecule has 0 saturated heterocycles. The maximum Gasteiger partial charge on any atom is 0.326 e. The van der Waals surface area contributed by atoms with Crippen LogP contribution in [0.25, 0.3) is 0 Å². The molecule has 0 aliphatic carbocycles. The van der Waals surface area contributed by atoms with Crippen molar-refractivity contribution in [3.05, 3.63) is 114 Å². The van der Waals surface area contributed by atoms with Crippen molar-refractivity contribution in [3.8, 4) is 5.75 Å². The van der Waals surface area contributed by atoms with Crippen LogP contribution in [0.4, 0.5) is 0 Å². The molecule has 3 aromatic carbocycles. The number of hydrogen-bond acceptors (Lipinski definition) is 7. The van der Waals surface area contributed by atoms with E-state index < -0.39 is 33.5 Å². The highest BCUT2D eigenvalue weighted by Gasteiger charge is 2.30. The summed E-state index contributed by atoms with van der Waals surface area (Å²) in [6.45, 7) is 5.87. The zero-order chi connectivity index (χ0) is 30.9. The van der Waals surface area contributed by atoms with E-state index in [1.807, 2.05) is 29.0 Å². The molecule has 0 spiro atoms. The number of sulfonamides is 1. The number of nitrogens with zero attached hydrogens (tertiary/aromatic N) is 2. The smallest absolute Gasteiger partial charge is 0.326 e. The predicted molar refractivity (Wildman–Crippen MR) is 162 cm³/mol. The molecular weight excluding hydrogens is 568 g/mol. The first-order chi connectivity index (χ1) is 20.5. The normalized spacial score (nSPS) is 12.3. The van der Waals surface area contributed by atoms with Crippen LogP contribution in [-0.4, -0.2) is 54.6 Å². The fourth-order valence-electron chi connectivity index (χ4n) is 4.09. The molecule has 0 radical (unpaired) electrons. The number of nitrogens with one attached hydrogen (secondary N) is 2. The van der Waals surface area contributed by atoms with Crippen LogP contribution in [0.2, 0.25) is 0 Å². The van der Waals surface area contributed by atoms with Gasteiger partial charge in [-0.15, -0.1) is 0 Å². The number of carbonyl (C=O) groups is 2. The molecule has 1 heterocycles. The first-order valence-electron chi connectivity index (χ1n) is 13.8. The number of benzene rings is 3. The monoisotopic (exact) mass is 604 g/mol. The van der Waals surface area contributed by atoms with Crippen LogP contribution < -0.4 is 14.8 Å². The molecule has 0 bridgehead atoms. The van der Waals surface area contributed by atoms with E-state index in [0.29, 0.717) is 24.3 Å². The molecule has 0 aliphatic heterocycles. The summed E-state index contributed by atoms with van der Waals surface area (Å²) in [5, 5.41) is 2.63. The van der Waals surface area contributed by atoms with Gasteiger partial charge in [-0.05, 0) is 62.7 Å². The number of amides is 1. The van der Waals surface area contributed by atoms with E-state index in [0.717, 1.165) is 12.2 Å². The number of rotatable bonds is 13. The predicted octanol–water partition coefficient (Wildman–Crippen LogP) is 3.97. The maximum atomic E-state index is 12.9. The third kappa shape index (κ3) is 9.79. The fourth-order valence-corrected chi connectivity index (χ4v) is 5.30. The van der Waals surface area contributed by atoms with Crippen molar-refractivity contribution in [1.82, 2.24) is 19.6 Å². The molecule has 4 aromatic rings. The second kappa shape index (κ2) is 14.1. The van der Waals surface area contributed by atoms with Gasteiger partial charge in [-0.2, -0.15) is 4.72 Å². The Labute approximate surface area is 252 Å². The van der Waals surface area contributed by atoms with Gasteiger partial charge in [0.15, 0.2) is 0 Å². The van der Waals surface area contributed by atoms with E-state index >= 15 is 0 Å². The fraction of sp³-hybridized carbons (Fsp3) is 0.281. The Morgan fingerprint density at radius 1 is 0.930 bits per heavy atom. The average Bonchev–Trinajstić information content (AvgIpc) is 3.42. The minimum Gasteiger partial charge on any atom is -0.493 e. The minimum absolute atomic E-state index is 0.00832. The molecule has 43 heavy (non-hydrogen) atoms. The average molecular weight is 605 g/mol. The molecule has 2 N–H and O–H groups in total. The van der Waals surface area contributed by atoms with Crippen LogP contribution in [0.15, 0.2) is 102 Å². The standard InChI is InChI=1S/C32H36N4O6S/c1-32(2,3)42-31(38)29(35-43(39,40)28-12-8-5-9-13-28)20-33-30(37)25-14-16-27(17-15-25)41-19-18-26-22-36(23-34-26)21-24-10-6-4-7-11-24/h4-17,22-23,29,35H,18-21H2,1-3H3,(H,33,37)/t29-/m0/s1. The second-order valence-electron chi connectivity index (χ2n) is 10.9. The van der Waals surface area contributed by atoms with Gasteiger partial charge in [-0.25, -0.2) is 13.4 Å². The largest absolute Gasteiger partial charge is 0.493 e. The van der Waals surface area contributed by atoms with Crippen molar-refractivity contribution < 1.29 is 27.5 Å². The molecule has 0 aliphatic rings. The second-order valence-corrected chi connectivity index (χ2v) is 12.6. The Hall–Kier alpha value is -4.48. The summed E-state index contributed by atoms with van der Waals surface area (Å²) >= 11 is 0. The lowest BCUT2D eigenvalue weighted by Gasteiger charge is -2.24. The van der Waals surface area contributed by atoms with Gasteiger partial charge in [0, 0.05) is 31.3 Å². The highest BCUT2D eigenvalue weighted by molar-refractivity contribution is 7.89. The molecule has 0 fully saturated rings. The first-order valence-corrected chi connectivity index (χ1v) is 15.3. The molecule has 1 atom stereocenters. The van der Waals surface area contributed by atoms with E-state index in [1.54, 1.807) is 69.6 Å². The summed E-state index contributed by atoms with van der Waals surface area (Å²) in [5.74, 6) is -0.702. The van der Waals surface area contributed by atoms with E-state index in [4.69, 9.17) is 9.47 Å². The van der Waals surface area contributed by atoms with E-state index in [1.165, 1.54) is 17.7 Å². The topological polar surface area (TPSA) is 129 Å². The zero-order valence-corrected chi connectivity index (χ0v) is 25.2. The highest BCUT2D eigenvalue weighted by atomic mass is 32.2. The summed E-state index contributed by atoms with van der Waals surface area (Å²) < 4.78 is 41.3. The summed E-state index contributed by atoms with van der Waals surface area (Å²) in [4.78, 5) is 30.1. The Kier molecular flexibility index (Phi) is 10.3. The van der Waals surface area contributed by atoms with Crippen molar-refractivity contribution in [2.45, 2.75) is 50.3 Å². The molecular formula is C32H36N4O6S. The number of imidazole rings is 1. The number of carbonyl (C=O) groups excluding carboxylic acids is 2. The zero-order valence-electron chi connectivity index (χ0n) is 24.4. The number of ether oxygens (including phenoxy) is 2. The molecule has 1 amide bonds. The van der Waals surface area contributed by atoms with Gasteiger partial charge in [0.2, 0.25) is 10.0 Å². The number of aromatic nitrogens is 2. The lowest BCUT2D eigenvalue weighted by molar-refractivity contribution is -0.156. The Balaban J connectivity index is 1.30. The number of hydrogen-bond donors (Lipinski definition) is 2. The van der Waals surface area contributed by atoms with Crippen LogP contribution >= 0.6 is 0 Å².